The topological polar surface area (TPSA) is 28.2 Å². The van der Waals surface area contributed by atoms with E-state index in [1.807, 2.05) is 6.07 Å². The van der Waals surface area contributed by atoms with Crippen LogP contribution in [0.2, 0.25) is 0 Å². The first-order valence-electron chi connectivity index (χ1n) is 6.62. The van der Waals surface area contributed by atoms with Crippen LogP contribution < -0.4 is 5.32 Å². The van der Waals surface area contributed by atoms with E-state index < -0.39 is 0 Å². The molecule has 3 rings (SSSR count). The van der Waals surface area contributed by atoms with Crippen molar-refractivity contribution in [3.05, 3.63) is 24.3 Å². The molecule has 1 aliphatic rings. The van der Waals surface area contributed by atoms with Crippen molar-refractivity contribution in [1.29, 1.82) is 0 Å². The van der Waals surface area contributed by atoms with Crippen LogP contribution in [0.25, 0.3) is 10.2 Å². The van der Waals surface area contributed by atoms with Crippen molar-refractivity contribution in [2.24, 2.45) is 0 Å². The number of hydrogen-bond acceptors (Lipinski definition) is 4. The molecule has 1 aliphatic heterocycles. The quantitative estimate of drug-likeness (QED) is 0.916. The molecule has 1 saturated heterocycles. The van der Waals surface area contributed by atoms with Crippen molar-refractivity contribution in [1.82, 2.24) is 9.88 Å². The molecule has 0 bridgehead atoms. The van der Waals surface area contributed by atoms with Gasteiger partial charge in [-0.05, 0) is 45.0 Å². The van der Waals surface area contributed by atoms with E-state index in [-0.39, 0.29) is 0 Å². The number of fused-ring (bicyclic) bond motifs is 1. The summed E-state index contributed by atoms with van der Waals surface area (Å²) in [7, 11) is 2.23. The van der Waals surface area contributed by atoms with Crippen LogP contribution in [0.5, 0.6) is 0 Å². The summed E-state index contributed by atoms with van der Waals surface area (Å²) >= 11 is 1.74. The minimum atomic E-state index is 0.756. The molecule has 4 heteroatoms. The Bertz CT molecular complexity index is 489. The Morgan fingerprint density at radius 2 is 2.33 bits per heavy atom. The molecule has 0 radical (unpaired) electrons. The molecule has 1 unspecified atom stereocenters. The number of anilines is 1. The van der Waals surface area contributed by atoms with E-state index >= 15 is 0 Å². The molecule has 1 N–H and O–H groups in total. The lowest BCUT2D eigenvalue weighted by atomic mass is 10.1. The fraction of sp³-hybridized carbons (Fsp3) is 0.500. The predicted molar refractivity (Wildman–Crippen MR) is 78.4 cm³/mol. The second kappa shape index (κ2) is 5.24. The van der Waals surface area contributed by atoms with Gasteiger partial charge in [0.15, 0.2) is 5.13 Å². The molecule has 0 aliphatic carbocycles. The Balaban J connectivity index is 1.56. The molecule has 0 amide bonds. The zero-order chi connectivity index (χ0) is 12.4. The van der Waals surface area contributed by atoms with Crippen LogP contribution in [-0.4, -0.2) is 36.1 Å². The molecule has 1 aromatic heterocycles. The van der Waals surface area contributed by atoms with E-state index in [2.05, 4.69) is 40.4 Å². The fourth-order valence-corrected chi connectivity index (χ4v) is 3.53. The van der Waals surface area contributed by atoms with Crippen LogP contribution in [0.15, 0.2) is 24.3 Å². The fourth-order valence-electron chi connectivity index (χ4n) is 2.64. The summed E-state index contributed by atoms with van der Waals surface area (Å²) in [6.45, 7) is 2.28. The van der Waals surface area contributed by atoms with Gasteiger partial charge in [-0.2, -0.15) is 0 Å². The second-order valence-electron chi connectivity index (χ2n) is 4.98. The van der Waals surface area contributed by atoms with Crippen molar-refractivity contribution in [2.45, 2.75) is 25.3 Å². The summed E-state index contributed by atoms with van der Waals surface area (Å²) in [5, 5.41) is 4.51. The van der Waals surface area contributed by atoms with Gasteiger partial charge in [0.25, 0.3) is 0 Å². The number of rotatable bonds is 4. The van der Waals surface area contributed by atoms with Gasteiger partial charge in [-0.25, -0.2) is 4.98 Å². The van der Waals surface area contributed by atoms with E-state index in [0.29, 0.717) is 0 Å². The van der Waals surface area contributed by atoms with Crippen molar-refractivity contribution in [3.8, 4) is 0 Å². The van der Waals surface area contributed by atoms with Gasteiger partial charge < -0.3 is 10.2 Å². The number of aromatic nitrogens is 1. The second-order valence-corrected chi connectivity index (χ2v) is 6.01. The molecule has 3 nitrogen and oxygen atoms in total. The average Bonchev–Trinajstić information content (AvgIpc) is 2.96. The molecule has 0 spiro atoms. The van der Waals surface area contributed by atoms with E-state index in [0.717, 1.165) is 23.2 Å². The lowest BCUT2D eigenvalue weighted by Crippen LogP contribution is -2.26. The Hall–Kier alpha value is -1.13. The maximum atomic E-state index is 4.59. The van der Waals surface area contributed by atoms with Crippen molar-refractivity contribution in [3.63, 3.8) is 0 Å². The highest BCUT2D eigenvalue weighted by molar-refractivity contribution is 7.22. The zero-order valence-electron chi connectivity index (χ0n) is 10.7. The number of thiazole rings is 1. The van der Waals surface area contributed by atoms with Crippen LogP contribution in [0.4, 0.5) is 5.13 Å². The van der Waals surface area contributed by atoms with Crippen molar-refractivity contribution in [2.75, 3.05) is 25.5 Å². The summed E-state index contributed by atoms with van der Waals surface area (Å²) in [4.78, 5) is 7.06. The normalized spacial score (nSPS) is 20.6. The lowest BCUT2D eigenvalue weighted by molar-refractivity contribution is 0.301. The van der Waals surface area contributed by atoms with Crippen molar-refractivity contribution < 1.29 is 0 Å². The highest BCUT2D eigenvalue weighted by atomic mass is 32.1. The van der Waals surface area contributed by atoms with Gasteiger partial charge in [0.1, 0.15) is 0 Å². The number of nitrogens with one attached hydrogen (secondary N) is 1. The Labute approximate surface area is 112 Å². The number of nitrogens with zero attached hydrogens (tertiary/aromatic N) is 2. The molecule has 0 saturated carbocycles. The van der Waals surface area contributed by atoms with Crippen LogP contribution in [0.3, 0.4) is 0 Å². The van der Waals surface area contributed by atoms with E-state index in [1.165, 1.54) is 30.5 Å². The summed E-state index contributed by atoms with van der Waals surface area (Å²) in [5.74, 6) is 0. The number of para-hydroxylation sites is 1. The van der Waals surface area contributed by atoms with Crippen molar-refractivity contribution >= 4 is 26.7 Å². The summed E-state index contributed by atoms with van der Waals surface area (Å²) < 4.78 is 1.26. The first-order valence-corrected chi connectivity index (χ1v) is 7.44. The first kappa shape index (κ1) is 11.9. The third-order valence-corrected chi connectivity index (χ3v) is 4.71. The predicted octanol–water partition coefficient (Wildman–Crippen LogP) is 3.19. The summed E-state index contributed by atoms with van der Waals surface area (Å²) in [6.07, 6.45) is 3.91. The lowest BCUT2D eigenvalue weighted by Gasteiger charge is -2.18. The standard InChI is InChI=1S/C14H19N3S/c1-17-10-4-5-11(17)8-9-15-14-16-12-6-2-3-7-13(12)18-14/h2-3,6-7,11H,4-5,8-10H2,1H3,(H,15,16). The Morgan fingerprint density at radius 3 is 3.11 bits per heavy atom. The molecule has 1 atom stereocenters. The minimum absolute atomic E-state index is 0.756. The average molecular weight is 261 g/mol. The van der Waals surface area contributed by atoms with Gasteiger partial charge in [-0.1, -0.05) is 23.5 Å². The van der Waals surface area contributed by atoms with Gasteiger partial charge in [0.05, 0.1) is 10.2 Å². The molecule has 2 aromatic rings. The van der Waals surface area contributed by atoms with E-state index in [1.54, 1.807) is 11.3 Å². The van der Waals surface area contributed by atoms with Gasteiger partial charge in [-0.15, -0.1) is 0 Å². The van der Waals surface area contributed by atoms with Crippen LogP contribution in [-0.2, 0) is 0 Å². The highest BCUT2D eigenvalue weighted by Crippen LogP contribution is 2.25. The number of benzene rings is 1. The van der Waals surface area contributed by atoms with Gasteiger partial charge in [-0.3, -0.25) is 0 Å². The third kappa shape index (κ3) is 2.49. The number of hydrogen-bond donors (Lipinski definition) is 1. The summed E-state index contributed by atoms with van der Waals surface area (Å²) in [5.41, 5.74) is 1.10. The largest absolute Gasteiger partial charge is 0.361 e. The first-order chi connectivity index (χ1) is 8.83. The highest BCUT2D eigenvalue weighted by Gasteiger charge is 2.19. The minimum Gasteiger partial charge on any atom is -0.361 e. The van der Waals surface area contributed by atoms with E-state index in [4.69, 9.17) is 0 Å². The SMILES string of the molecule is CN1CCCC1CCNc1nc2ccccc2s1. The zero-order valence-corrected chi connectivity index (χ0v) is 11.5. The maximum Gasteiger partial charge on any atom is 0.183 e. The summed E-state index contributed by atoms with van der Waals surface area (Å²) in [6, 6.07) is 9.06. The maximum absolute atomic E-state index is 4.59. The molecule has 96 valence electrons. The molecule has 1 aromatic carbocycles. The third-order valence-electron chi connectivity index (χ3n) is 3.72. The molecule has 2 heterocycles. The smallest absolute Gasteiger partial charge is 0.183 e. The van der Waals surface area contributed by atoms with Crippen LogP contribution >= 0.6 is 11.3 Å². The number of likely N-dealkylation sites (tertiary alicyclic amines) is 1. The van der Waals surface area contributed by atoms with Crippen LogP contribution in [0.1, 0.15) is 19.3 Å². The van der Waals surface area contributed by atoms with Gasteiger partial charge in [0.2, 0.25) is 0 Å². The molecular formula is C14H19N3S. The Morgan fingerprint density at radius 1 is 1.44 bits per heavy atom. The van der Waals surface area contributed by atoms with E-state index in [9.17, 15) is 0 Å². The van der Waals surface area contributed by atoms with Gasteiger partial charge in [0, 0.05) is 12.6 Å². The molecular weight excluding hydrogens is 242 g/mol. The van der Waals surface area contributed by atoms with Crippen LogP contribution in [0, 0.1) is 0 Å². The monoisotopic (exact) mass is 261 g/mol. The Kier molecular flexibility index (Phi) is 3.48. The molecule has 18 heavy (non-hydrogen) atoms. The molecule has 1 fully saturated rings. The van der Waals surface area contributed by atoms with Gasteiger partial charge >= 0.3 is 0 Å².